The zero-order valence-electron chi connectivity index (χ0n) is 5.97. The van der Waals surface area contributed by atoms with Crippen molar-refractivity contribution in [3.8, 4) is 11.8 Å². The molecule has 12 heavy (non-hydrogen) atoms. The Kier molecular flexibility index (Phi) is 3.01. The lowest BCUT2D eigenvalue weighted by Crippen LogP contribution is -1.79. The zero-order chi connectivity index (χ0) is 8.97. The van der Waals surface area contributed by atoms with Gasteiger partial charge in [-0.1, -0.05) is 21.9 Å². The van der Waals surface area contributed by atoms with Gasteiger partial charge >= 0.3 is 0 Å². The SMILES string of the molecule is O=CC#Cc1cc(F)cc(Br)c1. The number of benzene rings is 1. The van der Waals surface area contributed by atoms with Crippen molar-refractivity contribution in [2.45, 2.75) is 0 Å². The topological polar surface area (TPSA) is 17.1 Å². The summed E-state index contributed by atoms with van der Waals surface area (Å²) in [5, 5.41) is 0. The summed E-state index contributed by atoms with van der Waals surface area (Å²) in [6.45, 7) is 0. The van der Waals surface area contributed by atoms with Crippen molar-refractivity contribution in [2.75, 3.05) is 0 Å². The third kappa shape index (κ3) is 2.48. The fraction of sp³-hybridized carbons (Fsp3) is 0. The van der Waals surface area contributed by atoms with Gasteiger partial charge in [0.1, 0.15) is 5.82 Å². The van der Waals surface area contributed by atoms with Crippen molar-refractivity contribution in [1.82, 2.24) is 0 Å². The number of carbonyl (C=O) groups is 1. The Morgan fingerprint density at radius 2 is 2.17 bits per heavy atom. The Balaban J connectivity index is 3.08. The van der Waals surface area contributed by atoms with Crippen LogP contribution < -0.4 is 0 Å². The summed E-state index contributed by atoms with van der Waals surface area (Å²) in [6, 6.07) is 4.23. The van der Waals surface area contributed by atoms with Crippen LogP contribution in [0.15, 0.2) is 22.7 Å². The van der Waals surface area contributed by atoms with E-state index < -0.39 is 0 Å². The Labute approximate surface area is 77.7 Å². The first kappa shape index (κ1) is 8.95. The molecule has 1 aromatic rings. The maximum Gasteiger partial charge on any atom is 0.193 e. The smallest absolute Gasteiger partial charge is 0.193 e. The van der Waals surface area contributed by atoms with Gasteiger partial charge in [-0.2, -0.15) is 0 Å². The van der Waals surface area contributed by atoms with Gasteiger partial charge in [-0.25, -0.2) is 4.39 Å². The lowest BCUT2D eigenvalue weighted by atomic mass is 10.2. The van der Waals surface area contributed by atoms with Crippen molar-refractivity contribution in [3.05, 3.63) is 34.1 Å². The van der Waals surface area contributed by atoms with Gasteiger partial charge < -0.3 is 0 Å². The molecule has 0 N–H and O–H groups in total. The Hall–Kier alpha value is -1.14. The van der Waals surface area contributed by atoms with Crippen LogP contribution in [0.25, 0.3) is 0 Å². The maximum absolute atomic E-state index is 12.7. The molecule has 0 atom stereocenters. The second kappa shape index (κ2) is 4.03. The van der Waals surface area contributed by atoms with E-state index in [0.717, 1.165) is 0 Å². The molecule has 60 valence electrons. The first-order valence-corrected chi connectivity index (χ1v) is 3.93. The highest BCUT2D eigenvalue weighted by molar-refractivity contribution is 9.10. The normalized spacial score (nSPS) is 8.50. The van der Waals surface area contributed by atoms with Gasteiger partial charge in [-0.05, 0) is 24.1 Å². The summed E-state index contributed by atoms with van der Waals surface area (Å²) in [6.07, 6.45) is 0.471. The molecule has 0 aliphatic carbocycles. The van der Waals surface area contributed by atoms with E-state index in [1.54, 1.807) is 6.07 Å². The minimum atomic E-state index is -0.375. The van der Waals surface area contributed by atoms with E-state index >= 15 is 0 Å². The molecule has 0 aliphatic rings. The van der Waals surface area contributed by atoms with Crippen LogP contribution in [0.1, 0.15) is 5.56 Å². The van der Waals surface area contributed by atoms with Crippen LogP contribution in [0.2, 0.25) is 0 Å². The molecule has 1 aromatic carbocycles. The fourth-order valence-corrected chi connectivity index (χ4v) is 1.20. The highest BCUT2D eigenvalue weighted by Gasteiger charge is 1.94. The van der Waals surface area contributed by atoms with Crippen LogP contribution in [0.5, 0.6) is 0 Å². The Morgan fingerprint density at radius 1 is 1.42 bits per heavy atom. The summed E-state index contributed by atoms with van der Waals surface area (Å²) in [5.74, 6) is 4.31. The molecule has 0 saturated carbocycles. The van der Waals surface area contributed by atoms with Gasteiger partial charge in [-0.15, -0.1) is 0 Å². The molecular weight excluding hydrogens is 223 g/mol. The molecule has 0 radical (unpaired) electrons. The average molecular weight is 227 g/mol. The minimum Gasteiger partial charge on any atom is -0.289 e. The quantitative estimate of drug-likeness (QED) is 0.490. The lowest BCUT2D eigenvalue weighted by Gasteiger charge is -1.92. The van der Waals surface area contributed by atoms with Crippen LogP contribution in [0.4, 0.5) is 4.39 Å². The van der Waals surface area contributed by atoms with Gasteiger partial charge in [0.05, 0.1) is 0 Å². The maximum atomic E-state index is 12.7. The highest BCUT2D eigenvalue weighted by Crippen LogP contribution is 2.13. The van der Waals surface area contributed by atoms with Crippen LogP contribution >= 0.6 is 15.9 Å². The monoisotopic (exact) mass is 226 g/mol. The molecule has 1 rings (SSSR count). The van der Waals surface area contributed by atoms with E-state index in [9.17, 15) is 9.18 Å². The molecule has 0 bridgehead atoms. The molecule has 0 fully saturated rings. The average Bonchev–Trinajstić information content (AvgIpc) is 1.99. The summed E-state index contributed by atoms with van der Waals surface area (Å²) in [5.41, 5.74) is 0.481. The fourth-order valence-electron chi connectivity index (χ4n) is 0.739. The number of aldehydes is 1. The van der Waals surface area contributed by atoms with Crippen LogP contribution in [0.3, 0.4) is 0 Å². The first-order valence-electron chi connectivity index (χ1n) is 3.13. The minimum absolute atomic E-state index is 0.375. The van der Waals surface area contributed by atoms with E-state index in [2.05, 4.69) is 27.8 Å². The van der Waals surface area contributed by atoms with E-state index in [0.29, 0.717) is 16.3 Å². The zero-order valence-corrected chi connectivity index (χ0v) is 7.56. The molecule has 1 nitrogen and oxygen atoms in total. The summed E-state index contributed by atoms with van der Waals surface area (Å²) < 4.78 is 13.3. The van der Waals surface area contributed by atoms with Crippen molar-refractivity contribution in [2.24, 2.45) is 0 Å². The van der Waals surface area contributed by atoms with Gasteiger partial charge in [0.2, 0.25) is 0 Å². The van der Waals surface area contributed by atoms with Gasteiger partial charge in [-0.3, -0.25) is 4.79 Å². The summed E-state index contributed by atoms with van der Waals surface area (Å²) in [4.78, 5) is 9.87. The molecule has 0 unspecified atom stereocenters. The summed E-state index contributed by atoms with van der Waals surface area (Å²) >= 11 is 3.11. The van der Waals surface area contributed by atoms with Crippen LogP contribution in [-0.2, 0) is 4.79 Å². The standard InChI is InChI=1S/C9H4BrFO/c10-8-4-7(2-1-3-12)5-9(11)6-8/h3-6H. The molecule has 0 aliphatic heterocycles. The van der Waals surface area contributed by atoms with Crippen LogP contribution in [0, 0.1) is 17.7 Å². The van der Waals surface area contributed by atoms with Gasteiger partial charge in [0.25, 0.3) is 0 Å². The molecule has 0 saturated heterocycles. The number of hydrogen-bond acceptors (Lipinski definition) is 1. The molecule has 0 aromatic heterocycles. The van der Waals surface area contributed by atoms with E-state index in [1.165, 1.54) is 12.1 Å². The second-order valence-corrected chi connectivity index (χ2v) is 2.96. The predicted octanol–water partition coefficient (Wildman–Crippen LogP) is 2.14. The van der Waals surface area contributed by atoms with Gasteiger partial charge in [0.15, 0.2) is 6.29 Å². The number of carbonyl (C=O) groups excluding carboxylic acids is 1. The highest BCUT2D eigenvalue weighted by atomic mass is 79.9. The van der Waals surface area contributed by atoms with E-state index in [1.807, 2.05) is 0 Å². The molecule has 3 heteroatoms. The predicted molar refractivity (Wildman–Crippen MR) is 47.0 cm³/mol. The summed E-state index contributed by atoms with van der Waals surface area (Å²) in [7, 11) is 0. The molecule has 0 amide bonds. The second-order valence-electron chi connectivity index (χ2n) is 2.05. The number of hydrogen-bond donors (Lipinski definition) is 0. The molecule has 0 spiro atoms. The van der Waals surface area contributed by atoms with Crippen molar-refractivity contribution in [1.29, 1.82) is 0 Å². The van der Waals surface area contributed by atoms with E-state index in [4.69, 9.17) is 0 Å². The van der Waals surface area contributed by atoms with Crippen LogP contribution in [-0.4, -0.2) is 6.29 Å². The van der Waals surface area contributed by atoms with Crippen molar-refractivity contribution >= 4 is 22.2 Å². The third-order valence-electron chi connectivity index (χ3n) is 1.14. The molecular formula is C9H4BrFO. The van der Waals surface area contributed by atoms with E-state index in [-0.39, 0.29) is 5.82 Å². The number of rotatable bonds is 0. The Morgan fingerprint density at radius 3 is 2.75 bits per heavy atom. The number of halogens is 2. The van der Waals surface area contributed by atoms with Crippen molar-refractivity contribution < 1.29 is 9.18 Å². The van der Waals surface area contributed by atoms with Crippen molar-refractivity contribution in [3.63, 3.8) is 0 Å². The third-order valence-corrected chi connectivity index (χ3v) is 1.60. The Bertz CT molecular complexity index is 342. The lowest BCUT2D eigenvalue weighted by molar-refractivity contribution is -0.103. The largest absolute Gasteiger partial charge is 0.289 e. The molecule has 0 heterocycles. The van der Waals surface area contributed by atoms with Gasteiger partial charge in [0, 0.05) is 10.0 Å². The first-order chi connectivity index (χ1) is 5.72.